The van der Waals surface area contributed by atoms with E-state index in [9.17, 15) is 0 Å². The van der Waals surface area contributed by atoms with E-state index in [1.165, 1.54) is 0 Å². The first kappa shape index (κ1) is 14.8. The van der Waals surface area contributed by atoms with E-state index in [0.717, 1.165) is 6.42 Å². The molecule has 0 radical (unpaired) electrons. The zero-order valence-corrected chi connectivity index (χ0v) is 13.6. The second kappa shape index (κ2) is 4.97. The summed E-state index contributed by atoms with van der Waals surface area (Å²) in [5.74, 6) is 0.296. The number of fused-ring (bicyclic) bond motifs is 1. The maximum atomic E-state index is 6.75. The van der Waals surface area contributed by atoms with Crippen molar-refractivity contribution in [3.05, 3.63) is 11.5 Å². The number of hydrogen-bond acceptors (Lipinski definition) is 5. The third-order valence-electron chi connectivity index (χ3n) is 4.29. The standard InChI is InChI=1S/C13H17Cl2N5O/c1-4-7-6(2)13(3,15)11(21-7)20-5-17-8-9(14)18-12(16)19-10(8)20/h5-7,11H,4H2,1-3H3,(H2,16,18,19)/t6-,7-,11?,13-/m1/s1. The molecule has 1 saturated heterocycles. The summed E-state index contributed by atoms with van der Waals surface area (Å²) in [5.41, 5.74) is 6.71. The molecule has 0 aliphatic carbocycles. The number of hydrogen-bond donors (Lipinski definition) is 1. The molecule has 8 heteroatoms. The number of imidazole rings is 1. The van der Waals surface area contributed by atoms with Crippen LogP contribution in [-0.2, 0) is 4.74 Å². The molecule has 0 spiro atoms. The van der Waals surface area contributed by atoms with Crippen molar-refractivity contribution in [3.63, 3.8) is 0 Å². The van der Waals surface area contributed by atoms with E-state index in [0.29, 0.717) is 11.2 Å². The van der Waals surface area contributed by atoms with E-state index >= 15 is 0 Å². The maximum Gasteiger partial charge on any atom is 0.223 e. The molecule has 3 heterocycles. The lowest BCUT2D eigenvalue weighted by Gasteiger charge is -2.27. The smallest absolute Gasteiger partial charge is 0.223 e. The van der Waals surface area contributed by atoms with Gasteiger partial charge in [0.25, 0.3) is 0 Å². The van der Waals surface area contributed by atoms with Crippen molar-refractivity contribution in [2.24, 2.45) is 5.92 Å². The second-order valence-electron chi connectivity index (χ2n) is 5.57. The van der Waals surface area contributed by atoms with Gasteiger partial charge >= 0.3 is 0 Å². The fourth-order valence-corrected chi connectivity index (χ4v) is 3.38. The minimum atomic E-state index is -0.569. The van der Waals surface area contributed by atoms with Crippen LogP contribution in [0.2, 0.25) is 5.15 Å². The topological polar surface area (TPSA) is 78.8 Å². The van der Waals surface area contributed by atoms with Gasteiger partial charge in [-0.2, -0.15) is 9.97 Å². The first-order valence-electron chi connectivity index (χ1n) is 6.86. The average Bonchev–Trinajstić information content (AvgIpc) is 2.91. The molecule has 4 atom stereocenters. The van der Waals surface area contributed by atoms with Crippen LogP contribution in [0.25, 0.3) is 11.2 Å². The minimum Gasteiger partial charge on any atom is -0.368 e. The van der Waals surface area contributed by atoms with Gasteiger partial charge in [-0.25, -0.2) is 4.98 Å². The lowest BCUT2D eigenvalue weighted by molar-refractivity contribution is -0.00881. The van der Waals surface area contributed by atoms with Gasteiger partial charge in [-0.1, -0.05) is 25.4 Å². The van der Waals surface area contributed by atoms with Crippen molar-refractivity contribution in [2.45, 2.75) is 44.4 Å². The predicted molar refractivity (Wildman–Crippen MR) is 82.4 cm³/mol. The highest BCUT2D eigenvalue weighted by atomic mass is 35.5. The molecule has 0 aromatic carbocycles. The van der Waals surface area contributed by atoms with Gasteiger partial charge in [0.15, 0.2) is 17.0 Å². The van der Waals surface area contributed by atoms with Gasteiger partial charge in [0.2, 0.25) is 5.95 Å². The van der Waals surface area contributed by atoms with E-state index < -0.39 is 4.87 Å². The lowest BCUT2D eigenvalue weighted by atomic mass is 9.90. The zero-order valence-electron chi connectivity index (χ0n) is 12.0. The normalized spacial score (nSPS) is 32.9. The Bertz CT molecular complexity index is 686. The Hall–Kier alpha value is -1.11. The second-order valence-corrected chi connectivity index (χ2v) is 6.74. The first-order valence-corrected chi connectivity index (χ1v) is 7.61. The highest BCUT2D eigenvalue weighted by molar-refractivity contribution is 6.33. The van der Waals surface area contributed by atoms with Crippen LogP contribution in [0.15, 0.2) is 6.33 Å². The molecule has 1 aliphatic rings. The highest BCUT2D eigenvalue weighted by Gasteiger charge is 2.50. The molecule has 0 bridgehead atoms. The molecule has 0 saturated carbocycles. The summed E-state index contributed by atoms with van der Waals surface area (Å²) < 4.78 is 7.91. The van der Waals surface area contributed by atoms with E-state index in [1.807, 2.05) is 6.92 Å². The molecule has 1 aliphatic heterocycles. The molecule has 2 aromatic heterocycles. The molecule has 21 heavy (non-hydrogen) atoms. The van der Waals surface area contributed by atoms with Gasteiger partial charge in [-0.15, -0.1) is 11.6 Å². The Morgan fingerprint density at radius 2 is 2.19 bits per heavy atom. The van der Waals surface area contributed by atoms with Gasteiger partial charge in [-0.05, 0) is 13.3 Å². The van der Waals surface area contributed by atoms with Crippen molar-refractivity contribution in [1.29, 1.82) is 0 Å². The van der Waals surface area contributed by atoms with Crippen molar-refractivity contribution in [3.8, 4) is 0 Å². The van der Waals surface area contributed by atoms with Gasteiger partial charge in [0.05, 0.1) is 17.3 Å². The van der Waals surface area contributed by atoms with Gasteiger partial charge in [0.1, 0.15) is 5.52 Å². The van der Waals surface area contributed by atoms with Crippen LogP contribution in [0.5, 0.6) is 0 Å². The fourth-order valence-electron chi connectivity index (χ4n) is 2.86. The van der Waals surface area contributed by atoms with Gasteiger partial charge in [-0.3, -0.25) is 4.57 Å². The summed E-state index contributed by atoms with van der Waals surface area (Å²) in [5, 5.41) is 0.227. The Labute approximate surface area is 132 Å². The van der Waals surface area contributed by atoms with Gasteiger partial charge < -0.3 is 10.5 Å². The number of nitrogens with zero attached hydrogens (tertiary/aromatic N) is 4. The maximum absolute atomic E-state index is 6.75. The molecular formula is C13H17Cl2N5O. The van der Waals surface area contributed by atoms with Crippen LogP contribution >= 0.6 is 23.2 Å². The molecule has 1 fully saturated rings. The number of aromatic nitrogens is 4. The van der Waals surface area contributed by atoms with Crippen molar-refractivity contribution >= 4 is 40.3 Å². The number of nitrogen functional groups attached to an aromatic ring is 1. The Kier molecular flexibility index (Phi) is 3.50. The van der Waals surface area contributed by atoms with E-state index in [4.69, 9.17) is 33.7 Å². The monoisotopic (exact) mass is 329 g/mol. The van der Waals surface area contributed by atoms with Crippen LogP contribution in [0.4, 0.5) is 5.95 Å². The summed E-state index contributed by atoms with van der Waals surface area (Å²) in [6.07, 6.45) is 2.23. The molecule has 1 unspecified atom stereocenters. The summed E-state index contributed by atoms with van der Waals surface area (Å²) >= 11 is 12.8. The molecule has 2 aromatic rings. The lowest BCUT2D eigenvalue weighted by Crippen LogP contribution is -2.32. The van der Waals surface area contributed by atoms with E-state index in [1.54, 1.807) is 10.9 Å². The Morgan fingerprint density at radius 3 is 2.81 bits per heavy atom. The molecule has 114 valence electrons. The summed E-state index contributed by atoms with van der Waals surface area (Å²) in [6.45, 7) is 6.15. The third-order valence-corrected chi connectivity index (χ3v) is 5.08. The van der Waals surface area contributed by atoms with Crippen LogP contribution in [0.3, 0.4) is 0 Å². The van der Waals surface area contributed by atoms with Crippen LogP contribution in [0, 0.1) is 5.92 Å². The number of nitrogens with two attached hydrogens (primary N) is 1. The summed E-state index contributed by atoms with van der Waals surface area (Å²) in [7, 11) is 0. The zero-order chi connectivity index (χ0) is 15.4. The van der Waals surface area contributed by atoms with Crippen LogP contribution in [0.1, 0.15) is 33.4 Å². The predicted octanol–water partition coefficient (Wildman–Crippen LogP) is 3.00. The molecule has 0 amide bonds. The number of ether oxygens (including phenoxy) is 1. The summed E-state index contributed by atoms with van der Waals surface area (Å²) in [6, 6.07) is 0. The molecule has 2 N–H and O–H groups in total. The molecule has 6 nitrogen and oxygen atoms in total. The number of anilines is 1. The van der Waals surface area contributed by atoms with E-state index in [2.05, 4.69) is 28.8 Å². The van der Waals surface area contributed by atoms with Crippen molar-refractivity contribution < 1.29 is 4.74 Å². The molecular weight excluding hydrogens is 313 g/mol. The van der Waals surface area contributed by atoms with Crippen LogP contribution < -0.4 is 5.73 Å². The largest absolute Gasteiger partial charge is 0.368 e. The summed E-state index contributed by atoms with van der Waals surface area (Å²) in [4.78, 5) is 11.8. The Morgan fingerprint density at radius 1 is 1.48 bits per heavy atom. The Balaban J connectivity index is 2.13. The van der Waals surface area contributed by atoms with Crippen LogP contribution in [-0.4, -0.2) is 30.5 Å². The average molecular weight is 330 g/mol. The minimum absolute atomic E-state index is 0.0876. The highest BCUT2D eigenvalue weighted by Crippen LogP contribution is 2.48. The quantitative estimate of drug-likeness (QED) is 0.676. The SMILES string of the molecule is CC[C@H]1OC(n2cnc3c(Cl)nc(N)nc32)[C@](C)(Cl)[C@@H]1C. The van der Waals surface area contributed by atoms with Gasteiger partial charge in [0, 0.05) is 5.92 Å². The number of alkyl halides is 1. The molecule has 3 rings (SSSR count). The number of rotatable bonds is 2. The fraction of sp³-hybridized carbons (Fsp3) is 0.615. The van der Waals surface area contributed by atoms with Crippen molar-refractivity contribution in [1.82, 2.24) is 19.5 Å². The van der Waals surface area contributed by atoms with Crippen molar-refractivity contribution in [2.75, 3.05) is 5.73 Å². The first-order chi connectivity index (χ1) is 9.86. The van der Waals surface area contributed by atoms with E-state index in [-0.39, 0.29) is 29.4 Å². The number of halogens is 2. The third kappa shape index (κ3) is 2.17.